The van der Waals surface area contributed by atoms with Gasteiger partial charge in [-0.05, 0) is 29.1 Å². The van der Waals surface area contributed by atoms with E-state index < -0.39 is 10.1 Å². The van der Waals surface area contributed by atoms with E-state index in [0.29, 0.717) is 11.1 Å². The molecule has 0 heterocycles. The number of fused-ring (bicyclic) bond motifs is 1. The Morgan fingerprint density at radius 3 is 2.43 bits per heavy atom. The van der Waals surface area contributed by atoms with Crippen molar-refractivity contribution in [3.63, 3.8) is 0 Å². The predicted molar refractivity (Wildman–Crippen MR) is 90.6 cm³/mol. The third-order valence-corrected chi connectivity index (χ3v) is 4.95. The lowest BCUT2D eigenvalue weighted by Crippen LogP contribution is -1.95. The summed E-state index contributed by atoms with van der Waals surface area (Å²) in [7, 11) is -2.38. The average Bonchev–Trinajstić information content (AvgIpc) is 2.60. The first-order valence-electron chi connectivity index (χ1n) is 7.13. The third-order valence-electron chi connectivity index (χ3n) is 3.59. The van der Waals surface area contributed by atoms with Gasteiger partial charge >= 0.3 is 0 Å². The highest BCUT2D eigenvalue weighted by Crippen LogP contribution is 2.26. The molecule has 1 unspecified atom stereocenters. The zero-order valence-corrected chi connectivity index (χ0v) is 13.4. The molecule has 118 valence electrons. The van der Waals surface area contributed by atoms with E-state index in [9.17, 15) is 8.09 Å². The predicted octanol–water partition coefficient (Wildman–Crippen LogP) is 4.76. The van der Waals surface area contributed by atoms with E-state index >= 15 is 0 Å². The molecule has 0 radical (unpaired) electrons. The Morgan fingerprint density at radius 1 is 1.00 bits per heavy atom. The number of ether oxygens (including phenoxy) is 1. The van der Waals surface area contributed by atoms with Gasteiger partial charge in [-0.15, -0.1) is 3.89 Å². The lowest BCUT2D eigenvalue weighted by molar-refractivity contribution is 0.414. The van der Waals surface area contributed by atoms with Gasteiger partial charge < -0.3 is 4.74 Å². The van der Waals surface area contributed by atoms with Crippen LogP contribution in [0.5, 0.6) is 5.75 Å². The summed E-state index contributed by atoms with van der Waals surface area (Å²) in [5.74, 6) is 0.712. The summed E-state index contributed by atoms with van der Waals surface area (Å²) in [5.41, 5.74) is 0.774. The van der Waals surface area contributed by atoms with Gasteiger partial charge in [-0.3, -0.25) is 0 Å². The van der Waals surface area contributed by atoms with Gasteiger partial charge in [0.2, 0.25) is 10.1 Å². The van der Waals surface area contributed by atoms with E-state index in [1.807, 2.05) is 18.2 Å². The third kappa shape index (κ3) is 3.35. The van der Waals surface area contributed by atoms with Crippen molar-refractivity contribution in [2.24, 2.45) is 4.36 Å². The minimum absolute atomic E-state index is 0.0442. The number of methoxy groups -OCH3 is 1. The molecular weight excluding hydrogens is 313 g/mol. The van der Waals surface area contributed by atoms with Crippen LogP contribution in [0, 0.1) is 0 Å². The number of rotatable bonds is 4. The largest absolute Gasteiger partial charge is 0.497 e. The SMILES string of the molecule is COc1ccc(CN=S(=O)(F)c2cccc3ccccc23)cc1. The number of benzene rings is 3. The maximum atomic E-state index is 14.7. The Bertz CT molecular complexity index is 939. The highest BCUT2D eigenvalue weighted by molar-refractivity contribution is 7.88. The second-order valence-corrected chi connectivity index (χ2v) is 6.69. The first-order valence-corrected chi connectivity index (χ1v) is 8.55. The molecular formula is C18H16FNO2S. The van der Waals surface area contributed by atoms with Gasteiger partial charge in [0.15, 0.2) is 0 Å². The van der Waals surface area contributed by atoms with Crippen molar-refractivity contribution in [3.8, 4) is 5.75 Å². The van der Waals surface area contributed by atoms with E-state index in [-0.39, 0.29) is 11.4 Å². The van der Waals surface area contributed by atoms with Crippen LogP contribution in [0.1, 0.15) is 5.56 Å². The first kappa shape index (κ1) is 15.5. The fraction of sp³-hybridized carbons (Fsp3) is 0.111. The molecule has 3 aromatic carbocycles. The van der Waals surface area contributed by atoms with E-state index in [1.165, 1.54) is 6.07 Å². The molecule has 1 atom stereocenters. The lowest BCUT2D eigenvalue weighted by Gasteiger charge is -2.06. The quantitative estimate of drug-likeness (QED) is 0.647. The zero-order valence-electron chi connectivity index (χ0n) is 12.6. The standard InChI is InChI=1S/C18H16FNO2S/c1-22-16-11-9-14(10-12-16)13-20-23(19,21)18-8-4-6-15-5-2-3-7-17(15)18/h2-12H,13H2,1H3. The number of nitrogens with zero attached hydrogens (tertiary/aromatic N) is 1. The number of halogens is 1. The van der Waals surface area contributed by atoms with E-state index in [0.717, 1.165) is 10.9 Å². The van der Waals surface area contributed by atoms with Crippen LogP contribution in [0.4, 0.5) is 3.89 Å². The van der Waals surface area contributed by atoms with Gasteiger partial charge in [0, 0.05) is 5.39 Å². The smallest absolute Gasteiger partial charge is 0.231 e. The van der Waals surface area contributed by atoms with Crippen molar-refractivity contribution in [3.05, 3.63) is 72.3 Å². The van der Waals surface area contributed by atoms with Crippen LogP contribution in [0.25, 0.3) is 10.8 Å². The average molecular weight is 329 g/mol. The summed E-state index contributed by atoms with van der Waals surface area (Å²) in [5, 5.41) is 1.47. The highest BCUT2D eigenvalue weighted by atomic mass is 32.3. The highest BCUT2D eigenvalue weighted by Gasteiger charge is 2.14. The first-order chi connectivity index (χ1) is 11.1. The lowest BCUT2D eigenvalue weighted by atomic mass is 10.1. The fourth-order valence-electron chi connectivity index (χ4n) is 2.37. The second kappa shape index (κ2) is 6.38. The molecule has 0 amide bonds. The molecule has 3 rings (SSSR count). The molecule has 0 aliphatic rings. The van der Waals surface area contributed by atoms with Gasteiger partial charge in [-0.1, -0.05) is 48.5 Å². The van der Waals surface area contributed by atoms with Crippen LogP contribution in [0.15, 0.2) is 76.0 Å². The van der Waals surface area contributed by atoms with Gasteiger partial charge in [-0.25, -0.2) is 8.57 Å². The van der Waals surface area contributed by atoms with E-state index in [4.69, 9.17) is 4.74 Å². The van der Waals surface area contributed by atoms with Crippen molar-refractivity contribution in [2.45, 2.75) is 11.4 Å². The fourth-order valence-corrected chi connectivity index (χ4v) is 3.53. The maximum Gasteiger partial charge on any atom is 0.231 e. The molecule has 0 spiro atoms. The molecule has 3 aromatic rings. The zero-order chi connectivity index (χ0) is 16.3. The van der Waals surface area contributed by atoms with Gasteiger partial charge in [0.1, 0.15) is 5.75 Å². The molecule has 23 heavy (non-hydrogen) atoms. The van der Waals surface area contributed by atoms with Crippen LogP contribution in [-0.4, -0.2) is 11.3 Å². The molecule has 5 heteroatoms. The van der Waals surface area contributed by atoms with Crippen molar-refractivity contribution < 1.29 is 12.8 Å². The molecule has 0 saturated heterocycles. The Labute approximate surface area is 135 Å². The second-order valence-electron chi connectivity index (χ2n) is 5.07. The summed E-state index contributed by atoms with van der Waals surface area (Å²) in [6.45, 7) is 0.0442. The van der Waals surface area contributed by atoms with Gasteiger partial charge in [0.25, 0.3) is 0 Å². The van der Waals surface area contributed by atoms with Crippen LogP contribution >= 0.6 is 0 Å². The van der Waals surface area contributed by atoms with Crippen molar-refractivity contribution in [2.75, 3.05) is 7.11 Å². The summed E-state index contributed by atoms with van der Waals surface area (Å²) in [6, 6.07) is 19.4. The van der Waals surface area contributed by atoms with Gasteiger partial charge in [-0.2, -0.15) is 0 Å². The Balaban J connectivity index is 1.97. The Morgan fingerprint density at radius 2 is 1.70 bits per heavy atom. The molecule has 0 N–H and O–H groups in total. The molecule has 3 nitrogen and oxygen atoms in total. The monoisotopic (exact) mass is 329 g/mol. The maximum absolute atomic E-state index is 14.7. The molecule has 0 fully saturated rings. The van der Waals surface area contributed by atoms with Crippen LogP contribution in [0.2, 0.25) is 0 Å². The van der Waals surface area contributed by atoms with Crippen molar-refractivity contribution in [1.29, 1.82) is 0 Å². The normalized spacial score (nSPS) is 13.5. The molecule has 0 aliphatic heterocycles. The van der Waals surface area contributed by atoms with Crippen LogP contribution < -0.4 is 4.74 Å². The molecule has 0 aromatic heterocycles. The van der Waals surface area contributed by atoms with E-state index in [1.54, 1.807) is 49.6 Å². The summed E-state index contributed by atoms with van der Waals surface area (Å²) in [6.07, 6.45) is 0. The van der Waals surface area contributed by atoms with Gasteiger partial charge in [0.05, 0.1) is 18.6 Å². The summed E-state index contributed by atoms with van der Waals surface area (Å²) < 4.78 is 36.1. The Hall–Kier alpha value is -2.40. The molecule has 0 aliphatic carbocycles. The summed E-state index contributed by atoms with van der Waals surface area (Å²) >= 11 is 0. The minimum Gasteiger partial charge on any atom is -0.497 e. The minimum atomic E-state index is -3.96. The summed E-state index contributed by atoms with van der Waals surface area (Å²) in [4.78, 5) is 0.129. The molecule has 0 bridgehead atoms. The van der Waals surface area contributed by atoms with Crippen LogP contribution in [-0.2, 0) is 16.7 Å². The van der Waals surface area contributed by atoms with E-state index in [2.05, 4.69) is 4.36 Å². The number of hydrogen-bond donors (Lipinski definition) is 0. The topological polar surface area (TPSA) is 38.7 Å². The van der Waals surface area contributed by atoms with Crippen LogP contribution in [0.3, 0.4) is 0 Å². The van der Waals surface area contributed by atoms with Crippen molar-refractivity contribution in [1.82, 2.24) is 0 Å². The molecule has 0 saturated carbocycles. The number of hydrogen-bond acceptors (Lipinski definition) is 3. The Kier molecular flexibility index (Phi) is 4.30. The van der Waals surface area contributed by atoms with Crippen molar-refractivity contribution >= 4 is 20.9 Å².